The molecule has 8 rings (SSSR count). The fourth-order valence-corrected chi connectivity index (χ4v) is 5.54. The zero-order valence-electron chi connectivity index (χ0n) is 19.2. The topological polar surface area (TPSA) is 43.9 Å². The molecule has 4 heteroatoms. The molecule has 0 saturated carbocycles. The van der Waals surface area contributed by atoms with Crippen LogP contribution < -0.4 is 0 Å². The predicted octanol–water partition coefficient (Wildman–Crippen LogP) is 8.29. The van der Waals surface area contributed by atoms with Crippen molar-refractivity contribution in [2.75, 3.05) is 0 Å². The Balaban J connectivity index is 1.57. The van der Waals surface area contributed by atoms with Gasteiger partial charge in [-0.25, -0.2) is 9.97 Å². The average Bonchev–Trinajstić information content (AvgIpc) is 3.50. The average molecular weight is 462 g/mol. The maximum atomic E-state index is 6.48. The van der Waals surface area contributed by atoms with Gasteiger partial charge in [0, 0.05) is 39.5 Å². The van der Waals surface area contributed by atoms with Crippen LogP contribution in [-0.4, -0.2) is 14.5 Å². The monoisotopic (exact) mass is 461 g/mol. The van der Waals surface area contributed by atoms with Crippen molar-refractivity contribution in [3.8, 4) is 17.1 Å². The lowest BCUT2D eigenvalue weighted by atomic mass is 9.99. The molecule has 3 heterocycles. The Labute approximate surface area is 206 Å². The van der Waals surface area contributed by atoms with Crippen LogP contribution in [0.1, 0.15) is 0 Å². The second-order valence-corrected chi connectivity index (χ2v) is 9.06. The maximum Gasteiger partial charge on any atom is 0.234 e. The summed E-state index contributed by atoms with van der Waals surface area (Å²) < 4.78 is 8.67. The van der Waals surface area contributed by atoms with Crippen LogP contribution in [0.3, 0.4) is 0 Å². The molecule has 0 aliphatic carbocycles. The number of benzene rings is 5. The van der Waals surface area contributed by atoms with E-state index in [1.165, 1.54) is 10.8 Å². The highest BCUT2D eigenvalue weighted by molar-refractivity contribution is 6.35. The van der Waals surface area contributed by atoms with Crippen molar-refractivity contribution >= 4 is 54.5 Å². The summed E-state index contributed by atoms with van der Waals surface area (Å²) in [6.45, 7) is 0. The molecule has 0 amide bonds. The highest BCUT2D eigenvalue weighted by Gasteiger charge is 2.23. The highest BCUT2D eigenvalue weighted by atomic mass is 16.3. The van der Waals surface area contributed by atoms with Crippen LogP contribution in [0, 0.1) is 0 Å². The van der Waals surface area contributed by atoms with Gasteiger partial charge in [-0.2, -0.15) is 0 Å². The van der Waals surface area contributed by atoms with Crippen molar-refractivity contribution in [2.24, 2.45) is 0 Å². The molecule has 4 nitrogen and oxygen atoms in total. The Hall–Kier alpha value is -4.96. The third-order valence-corrected chi connectivity index (χ3v) is 7.09. The molecule has 168 valence electrons. The van der Waals surface area contributed by atoms with Gasteiger partial charge in [0.25, 0.3) is 0 Å². The molecule has 0 aliphatic heterocycles. The molecule has 0 N–H and O–H groups in total. The molecule has 0 unspecified atom stereocenters. The van der Waals surface area contributed by atoms with Gasteiger partial charge in [0.1, 0.15) is 11.2 Å². The van der Waals surface area contributed by atoms with E-state index < -0.39 is 0 Å². The van der Waals surface area contributed by atoms with Crippen LogP contribution in [0.4, 0.5) is 0 Å². The number of nitrogens with zero attached hydrogens (tertiary/aromatic N) is 3. The van der Waals surface area contributed by atoms with Crippen LogP contribution in [-0.2, 0) is 0 Å². The number of aromatic nitrogens is 3. The van der Waals surface area contributed by atoms with Gasteiger partial charge in [-0.1, -0.05) is 91.0 Å². The summed E-state index contributed by atoms with van der Waals surface area (Å²) in [7, 11) is 0. The maximum absolute atomic E-state index is 6.48. The molecule has 3 aromatic heterocycles. The van der Waals surface area contributed by atoms with Gasteiger partial charge in [-0.3, -0.25) is 4.57 Å². The summed E-state index contributed by atoms with van der Waals surface area (Å²) in [5.74, 6) is 0.641. The molecule has 0 atom stereocenters. The molecule has 0 spiro atoms. The van der Waals surface area contributed by atoms with E-state index in [9.17, 15) is 0 Å². The molecule has 5 aromatic carbocycles. The van der Waals surface area contributed by atoms with Crippen molar-refractivity contribution < 1.29 is 4.42 Å². The summed E-state index contributed by atoms with van der Waals surface area (Å²) in [6.07, 6.45) is 3.81. The van der Waals surface area contributed by atoms with E-state index in [1.54, 1.807) is 0 Å². The van der Waals surface area contributed by atoms with Gasteiger partial charge >= 0.3 is 0 Å². The van der Waals surface area contributed by atoms with Gasteiger partial charge in [-0.15, -0.1) is 0 Å². The minimum Gasteiger partial charge on any atom is -0.455 e. The summed E-state index contributed by atoms with van der Waals surface area (Å²) in [4.78, 5) is 9.74. The first-order valence-corrected chi connectivity index (χ1v) is 12.0. The van der Waals surface area contributed by atoms with E-state index in [0.717, 1.165) is 54.9 Å². The molecular formula is C32H19N3O. The summed E-state index contributed by atoms with van der Waals surface area (Å²) in [5, 5.41) is 6.82. The molecule has 0 fully saturated rings. The minimum absolute atomic E-state index is 0.641. The second-order valence-electron chi connectivity index (χ2n) is 9.06. The Morgan fingerprint density at radius 2 is 1.17 bits per heavy atom. The fourth-order valence-electron chi connectivity index (χ4n) is 5.54. The Kier molecular flexibility index (Phi) is 3.91. The Morgan fingerprint density at radius 1 is 0.528 bits per heavy atom. The lowest BCUT2D eigenvalue weighted by molar-refractivity contribution is 0.673. The van der Waals surface area contributed by atoms with E-state index >= 15 is 0 Å². The van der Waals surface area contributed by atoms with E-state index in [1.807, 2.05) is 42.7 Å². The van der Waals surface area contributed by atoms with Crippen LogP contribution in [0.25, 0.3) is 71.6 Å². The summed E-state index contributed by atoms with van der Waals surface area (Å²) >= 11 is 0. The zero-order chi connectivity index (χ0) is 23.6. The first-order chi connectivity index (χ1) is 17.9. The highest BCUT2D eigenvalue weighted by Crippen LogP contribution is 2.45. The van der Waals surface area contributed by atoms with Crippen LogP contribution in [0.5, 0.6) is 0 Å². The van der Waals surface area contributed by atoms with E-state index in [0.29, 0.717) is 5.95 Å². The molecule has 0 aliphatic rings. The van der Waals surface area contributed by atoms with Gasteiger partial charge in [0.15, 0.2) is 0 Å². The first-order valence-electron chi connectivity index (χ1n) is 12.0. The van der Waals surface area contributed by atoms with E-state index in [4.69, 9.17) is 14.4 Å². The molecule has 0 saturated heterocycles. The van der Waals surface area contributed by atoms with Crippen molar-refractivity contribution in [1.82, 2.24) is 14.5 Å². The fraction of sp³-hybridized carbons (Fsp3) is 0. The van der Waals surface area contributed by atoms with Crippen molar-refractivity contribution in [1.29, 1.82) is 0 Å². The lowest BCUT2D eigenvalue weighted by Gasteiger charge is -2.09. The van der Waals surface area contributed by atoms with Crippen molar-refractivity contribution in [2.45, 2.75) is 0 Å². The Bertz CT molecular complexity index is 2080. The van der Waals surface area contributed by atoms with Gasteiger partial charge in [-0.05, 0) is 23.1 Å². The number of hydrogen-bond donors (Lipinski definition) is 0. The second kappa shape index (κ2) is 7.27. The van der Waals surface area contributed by atoms with Gasteiger partial charge < -0.3 is 4.42 Å². The minimum atomic E-state index is 0.641. The molecule has 8 aromatic rings. The molecule has 36 heavy (non-hydrogen) atoms. The SMILES string of the molecule is c1ccc(-c2cnc(-n3c4ccccc4c4c5ccccc5c5oc6ccccc6c5c43)nc2)cc1. The molecule has 0 radical (unpaired) electrons. The predicted molar refractivity (Wildman–Crippen MR) is 147 cm³/mol. The van der Waals surface area contributed by atoms with Crippen LogP contribution in [0.2, 0.25) is 0 Å². The third kappa shape index (κ3) is 2.58. The van der Waals surface area contributed by atoms with Gasteiger partial charge in [0.05, 0.1) is 16.4 Å². The number of furan rings is 1. The zero-order valence-corrected chi connectivity index (χ0v) is 19.2. The normalized spacial score (nSPS) is 11.9. The van der Waals surface area contributed by atoms with Crippen molar-refractivity contribution in [3.63, 3.8) is 0 Å². The number of fused-ring (bicyclic) bond motifs is 10. The summed E-state index contributed by atoms with van der Waals surface area (Å²) in [5.41, 5.74) is 6.00. The molecular weight excluding hydrogens is 442 g/mol. The Morgan fingerprint density at radius 3 is 1.97 bits per heavy atom. The smallest absolute Gasteiger partial charge is 0.234 e. The third-order valence-electron chi connectivity index (χ3n) is 7.09. The molecule has 0 bridgehead atoms. The first kappa shape index (κ1) is 19.4. The largest absolute Gasteiger partial charge is 0.455 e. The number of hydrogen-bond acceptors (Lipinski definition) is 3. The quantitative estimate of drug-likeness (QED) is 0.260. The van der Waals surface area contributed by atoms with Crippen LogP contribution >= 0.6 is 0 Å². The number of rotatable bonds is 2. The number of para-hydroxylation sites is 2. The lowest BCUT2D eigenvalue weighted by Crippen LogP contribution is -2.01. The van der Waals surface area contributed by atoms with Crippen molar-refractivity contribution in [3.05, 3.63) is 116 Å². The summed E-state index contributed by atoms with van der Waals surface area (Å²) in [6, 6.07) is 35.5. The standard InChI is InChI=1S/C32H19N3O/c1-2-10-20(11-3-1)21-18-33-32(34-19-21)35-26-16-8-6-14-24(26)28-22-12-4-5-13-23(22)31-29(30(28)35)25-15-7-9-17-27(25)36-31/h1-19H. The van der Waals surface area contributed by atoms with E-state index in [2.05, 4.69) is 77.4 Å². The van der Waals surface area contributed by atoms with Crippen LogP contribution in [0.15, 0.2) is 120 Å². The van der Waals surface area contributed by atoms with E-state index in [-0.39, 0.29) is 0 Å². The van der Waals surface area contributed by atoms with Gasteiger partial charge in [0.2, 0.25) is 5.95 Å².